The number of carbonyl (C=O) groups is 2. The van der Waals surface area contributed by atoms with Crippen molar-refractivity contribution in [2.75, 3.05) is 11.9 Å². The Bertz CT molecular complexity index is 608. The summed E-state index contributed by atoms with van der Waals surface area (Å²) in [5.41, 5.74) is -0.288. The zero-order valence-electron chi connectivity index (χ0n) is 11.2. The fourth-order valence-corrected chi connectivity index (χ4v) is 1.97. The van der Waals surface area contributed by atoms with E-state index in [1.54, 1.807) is 4.90 Å². The average molecular weight is 291 g/mol. The molecule has 0 bridgehead atoms. The molecule has 0 unspecified atom stereocenters. The highest BCUT2D eigenvalue weighted by atomic mass is 19.1. The zero-order chi connectivity index (χ0) is 15.4. The van der Waals surface area contributed by atoms with Gasteiger partial charge in [-0.15, -0.1) is 0 Å². The van der Waals surface area contributed by atoms with Crippen LogP contribution in [0, 0.1) is 17.1 Å². The number of urea groups is 1. The molecule has 1 aromatic rings. The van der Waals surface area contributed by atoms with Crippen LogP contribution >= 0.6 is 0 Å². The van der Waals surface area contributed by atoms with Crippen LogP contribution in [0.1, 0.15) is 29.6 Å². The lowest BCUT2D eigenvalue weighted by Crippen LogP contribution is -2.37. The van der Waals surface area contributed by atoms with E-state index in [9.17, 15) is 14.0 Å². The number of halogens is 1. The van der Waals surface area contributed by atoms with Gasteiger partial charge >= 0.3 is 12.0 Å². The summed E-state index contributed by atoms with van der Waals surface area (Å²) in [6, 6.07) is 5.07. The molecule has 1 aliphatic carbocycles. The van der Waals surface area contributed by atoms with Crippen molar-refractivity contribution in [1.82, 2.24) is 4.90 Å². The van der Waals surface area contributed by atoms with Crippen molar-refractivity contribution in [2.45, 2.75) is 25.3 Å². The number of anilines is 1. The highest BCUT2D eigenvalue weighted by molar-refractivity contribution is 5.93. The van der Waals surface area contributed by atoms with Crippen molar-refractivity contribution < 1.29 is 19.1 Å². The van der Waals surface area contributed by atoms with E-state index in [2.05, 4.69) is 5.32 Å². The summed E-state index contributed by atoms with van der Waals surface area (Å²) in [4.78, 5) is 24.5. The number of nitrogens with zero attached hydrogens (tertiary/aromatic N) is 2. The van der Waals surface area contributed by atoms with E-state index in [0.717, 1.165) is 25.0 Å². The highest BCUT2D eigenvalue weighted by Gasteiger charge is 2.32. The molecule has 0 saturated heterocycles. The molecule has 1 fully saturated rings. The second-order valence-electron chi connectivity index (χ2n) is 4.76. The van der Waals surface area contributed by atoms with Gasteiger partial charge in [0.05, 0.1) is 18.1 Å². The topological polar surface area (TPSA) is 93.4 Å². The molecule has 2 rings (SSSR count). The largest absolute Gasteiger partial charge is 0.478 e. The van der Waals surface area contributed by atoms with E-state index >= 15 is 0 Å². The van der Waals surface area contributed by atoms with Gasteiger partial charge in [-0.2, -0.15) is 5.26 Å². The summed E-state index contributed by atoms with van der Waals surface area (Å²) < 4.78 is 13.3. The molecule has 7 heteroatoms. The molecule has 21 heavy (non-hydrogen) atoms. The van der Waals surface area contributed by atoms with Crippen LogP contribution < -0.4 is 5.32 Å². The number of rotatable bonds is 5. The van der Waals surface area contributed by atoms with E-state index in [-0.39, 0.29) is 18.2 Å². The number of aromatic carboxylic acids is 1. The molecule has 2 N–H and O–H groups in total. The summed E-state index contributed by atoms with van der Waals surface area (Å²) in [7, 11) is 0. The Labute approximate surface area is 120 Å². The maximum absolute atomic E-state index is 13.3. The average Bonchev–Trinajstić information content (AvgIpc) is 3.25. The lowest BCUT2D eigenvalue weighted by molar-refractivity contribution is 0.0692. The van der Waals surface area contributed by atoms with Crippen molar-refractivity contribution >= 4 is 17.7 Å². The van der Waals surface area contributed by atoms with Crippen LogP contribution in [0.25, 0.3) is 0 Å². The number of hydrogen-bond donors (Lipinski definition) is 2. The Morgan fingerprint density at radius 3 is 2.76 bits per heavy atom. The van der Waals surface area contributed by atoms with Gasteiger partial charge in [-0.25, -0.2) is 14.0 Å². The number of carboxylic acid groups (broad SMARTS) is 1. The molecule has 0 atom stereocenters. The molecule has 0 aliphatic heterocycles. The summed E-state index contributed by atoms with van der Waals surface area (Å²) >= 11 is 0. The molecule has 0 spiro atoms. The van der Waals surface area contributed by atoms with Crippen LogP contribution in [0.5, 0.6) is 0 Å². The van der Waals surface area contributed by atoms with Crippen molar-refractivity contribution in [3.8, 4) is 6.07 Å². The van der Waals surface area contributed by atoms with E-state index in [1.165, 1.54) is 6.07 Å². The summed E-state index contributed by atoms with van der Waals surface area (Å²) in [5.74, 6) is -2.25. The monoisotopic (exact) mass is 291 g/mol. The van der Waals surface area contributed by atoms with Gasteiger partial charge in [-0.1, -0.05) is 0 Å². The third-order valence-corrected chi connectivity index (χ3v) is 3.16. The molecule has 0 radical (unpaired) electrons. The lowest BCUT2D eigenvalue weighted by atomic mass is 10.2. The molecule has 2 amide bonds. The Hall–Kier alpha value is -2.62. The molecule has 110 valence electrons. The fourth-order valence-electron chi connectivity index (χ4n) is 1.97. The van der Waals surface area contributed by atoms with Gasteiger partial charge in [-0.05, 0) is 31.0 Å². The van der Waals surface area contributed by atoms with Crippen molar-refractivity contribution in [3.05, 3.63) is 29.6 Å². The number of amides is 2. The predicted molar refractivity (Wildman–Crippen MR) is 72.3 cm³/mol. The number of carbonyl (C=O) groups excluding carboxylic acids is 1. The molecule has 1 aliphatic rings. The van der Waals surface area contributed by atoms with E-state index < -0.39 is 23.4 Å². The zero-order valence-corrected chi connectivity index (χ0v) is 11.2. The van der Waals surface area contributed by atoms with Crippen LogP contribution in [0.3, 0.4) is 0 Å². The predicted octanol–water partition coefficient (Wildman–Crippen LogP) is 2.43. The van der Waals surface area contributed by atoms with Crippen LogP contribution in [-0.4, -0.2) is 34.6 Å². The Kier molecular flexibility index (Phi) is 4.38. The normalized spacial score (nSPS) is 13.3. The van der Waals surface area contributed by atoms with Gasteiger partial charge in [0.15, 0.2) is 0 Å². The first kappa shape index (κ1) is 14.8. The quantitative estimate of drug-likeness (QED) is 0.871. The van der Waals surface area contributed by atoms with Crippen LogP contribution in [0.4, 0.5) is 14.9 Å². The minimum Gasteiger partial charge on any atom is -0.478 e. The van der Waals surface area contributed by atoms with Crippen molar-refractivity contribution in [1.29, 1.82) is 5.26 Å². The summed E-state index contributed by atoms with van der Waals surface area (Å²) in [6.45, 7) is 0.319. The maximum atomic E-state index is 13.3. The smallest absolute Gasteiger partial charge is 0.338 e. The Balaban J connectivity index is 2.09. The minimum atomic E-state index is -1.40. The molecule has 6 nitrogen and oxygen atoms in total. The SMILES string of the molecule is N#CCCN(C(=O)Nc1ccc(F)c(C(=O)O)c1)C1CC1. The first-order valence-corrected chi connectivity index (χ1v) is 6.50. The Morgan fingerprint density at radius 2 is 2.19 bits per heavy atom. The number of nitriles is 1. The Morgan fingerprint density at radius 1 is 1.48 bits per heavy atom. The van der Waals surface area contributed by atoms with E-state index in [1.807, 2.05) is 6.07 Å². The second kappa shape index (κ2) is 6.22. The molecular weight excluding hydrogens is 277 g/mol. The van der Waals surface area contributed by atoms with E-state index in [0.29, 0.717) is 6.54 Å². The van der Waals surface area contributed by atoms with Crippen LogP contribution in [0.2, 0.25) is 0 Å². The highest BCUT2D eigenvalue weighted by Crippen LogP contribution is 2.27. The summed E-state index contributed by atoms with van der Waals surface area (Å²) in [5, 5.41) is 20.0. The molecule has 0 aromatic heterocycles. The van der Waals surface area contributed by atoms with Crippen LogP contribution in [-0.2, 0) is 0 Å². The van der Waals surface area contributed by atoms with Gasteiger partial charge in [0.2, 0.25) is 0 Å². The molecule has 1 aromatic carbocycles. The fraction of sp³-hybridized carbons (Fsp3) is 0.357. The van der Waals surface area contributed by atoms with Gasteiger partial charge in [-0.3, -0.25) is 0 Å². The van der Waals surface area contributed by atoms with Crippen molar-refractivity contribution in [2.24, 2.45) is 0 Å². The first-order valence-electron chi connectivity index (χ1n) is 6.50. The van der Waals surface area contributed by atoms with E-state index in [4.69, 9.17) is 10.4 Å². The second-order valence-corrected chi connectivity index (χ2v) is 4.76. The first-order chi connectivity index (χ1) is 10.0. The standard InChI is InChI=1S/C14H14FN3O3/c15-12-5-2-9(8-11(12)13(19)20)17-14(21)18(7-1-6-16)10-3-4-10/h2,5,8,10H,1,3-4,7H2,(H,17,21)(H,19,20). The minimum absolute atomic E-state index is 0.123. The van der Waals surface area contributed by atoms with Gasteiger partial charge < -0.3 is 15.3 Å². The number of nitrogens with one attached hydrogen (secondary N) is 1. The third kappa shape index (κ3) is 3.69. The third-order valence-electron chi connectivity index (χ3n) is 3.16. The van der Waals surface area contributed by atoms with Crippen LogP contribution in [0.15, 0.2) is 18.2 Å². The number of hydrogen-bond acceptors (Lipinski definition) is 3. The molecular formula is C14H14FN3O3. The molecule has 0 heterocycles. The van der Waals surface area contributed by atoms with Crippen molar-refractivity contribution in [3.63, 3.8) is 0 Å². The van der Waals surface area contributed by atoms with Gasteiger partial charge in [0.1, 0.15) is 5.82 Å². The van der Waals surface area contributed by atoms with Gasteiger partial charge in [0.25, 0.3) is 0 Å². The number of carboxylic acids is 1. The number of benzene rings is 1. The molecule has 1 saturated carbocycles. The summed E-state index contributed by atoms with van der Waals surface area (Å²) in [6.07, 6.45) is 2.01. The lowest BCUT2D eigenvalue weighted by Gasteiger charge is -2.21. The maximum Gasteiger partial charge on any atom is 0.338 e. The van der Waals surface area contributed by atoms with Gasteiger partial charge in [0, 0.05) is 18.3 Å².